The lowest BCUT2D eigenvalue weighted by atomic mass is 10.2. The maximum absolute atomic E-state index is 12.6. The third-order valence-corrected chi connectivity index (χ3v) is 3.37. The van der Waals surface area contributed by atoms with Crippen LogP contribution in [0.5, 0.6) is 5.75 Å². The highest BCUT2D eigenvalue weighted by molar-refractivity contribution is 6.04. The average Bonchev–Trinajstić information content (AvgIpc) is 2.52. The van der Waals surface area contributed by atoms with Crippen LogP contribution in [0, 0.1) is 19.8 Å². The summed E-state index contributed by atoms with van der Waals surface area (Å²) >= 11 is 0. The Bertz CT molecular complexity index is 729. The molecule has 0 fully saturated rings. The molecule has 1 heterocycles. The molecular formula is C18H24N4O2. The Balaban J connectivity index is 2.22. The van der Waals surface area contributed by atoms with Crippen LogP contribution in [0.25, 0.3) is 0 Å². The van der Waals surface area contributed by atoms with Gasteiger partial charge in [-0.25, -0.2) is 9.97 Å². The van der Waals surface area contributed by atoms with Gasteiger partial charge in [0.1, 0.15) is 23.1 Å². The summed E-state index contributed by atoms with van der Waals surface area (Å²) in [5.74, 6) is 1.99. The number of carbonyl (C=O) groups excluding carboxylic acids is 1. The molecule has 0 bridgehead atoms. The van der Waals surface area contributed by atoms with Crippen LogP contribution in [0.4, 0.5) is 11.5 Å². The highest BCUT2D eigenvalue weighted by Gasteiger charge is 2.13. The number of rotatable bonds is 6. The number of anilines is 2. The lowest BCUT2D eigenvalue weighted by molar-refractivity contribution is 0.102. The van der Waals surface area contributed by atoms with Crippen molar-refractivity contribution in [2.24, 2.45) is 5.92 Å². The number of hydrogen-bond donors (Lipinski definition) is 2. The van der Waals surface area contributed by atoms with E-state index in [-0.39, 0.29) is 5.91 Å². The molecule has 0 unspecified atom stereocenters. The van der Waals surface area contributed by atoms with Crippen LogP contribution in [0.2, 0.25) is 0 Å². The van der Waals surface area contributed by atoms with Gasteiger partial charge in [0.2, 0.25) is 0 Å². The first-order chi connectivity index (χ1) is 11.4. The molecule has 2 aromatic rings. The molecule has 0 saturated heterocycles. The summed E-state index contributed by atoms with van der Waals surface area (Å²) in [6, 6.07) is 7.28. The maximum Gasteiger partial charge on any atom is 0.274 e. The summed E-state index contributed by atoms with van der Waals surface area (Å²) in [6.45, 7) is 8.73. The van der Waals surface area contributed by atoms with E-state index in [0.29, 0.717) is 34.7 Å². The quantitative estimate of drug-likeness (QED) is 0.849. The van der Waals surface area contributed by atoms with Gasteiger partial charge < -0.3 is 15.4 Å². The zero-order valence-corrected chi connectivity index (χ0v) is 14.8. The molecule has 0 aliphatic carbocycles. The molecule has 0 aliphatic heterocycles. The SMILES string of the molecule is COc1ccc(C)cc1NC(=O)c1cc(NCC(C)C)nc(C)n1. The largest absolute Gasteiger partial charge is 0.495 e. The van der Waals surface area contributed by atoms with E-state index in [1.165, 1.54) is 0 Å². The van der Waals surface area contributed by atoms with Crippen molar-refractivity contribution in [3.05, 3.63) is 41.3 Å². The van der Waals surface area contributed by atoms with Crippen molar-refractivity contribution in [1.82, 2.24) is 9.97 Å². The van der Waals surface area contributed by atoms with Crippen LogP contribution in [-0.4, -0.2) is 29.5 Å². The number of nitrogens with zero attached hydrogens (tertiary/aromatic N) is 2. The molecule has 0 atom stereocenters. The van der Waals surface area contributed by atoms with Crippen molar-refractivity contribution in [3.63, 3.8) is 0 Å². The van der Waals surface area contributed by atoms with Crippen molar-refractivity contribution >= 4 is 17.4 Å². The van der Waals surface area contributed by atoms with Crippen molar-refractivity contribution in [2.45, 2.75) is 27.7 Å². The third-order valence-electron chi connectivity index (χ3n) is 3.37. The second-order valence-electron chi connectivity index (χ2n) is 6.12. The number of carbonyl (C=O) groups is 1. The molecule has 2 rings (SSSR count). The van der Waals surface area contributed by atoms with Crippen molar-refractivity contribution < 1.29 is 9.53 Å². The Morgan fingerprint density at radius 3 is 2.62 bits per heavy atom. The predicted octanol–water partition coefficient (Wildman–Crippen LogP) is 3.42. The lowest BCUT2D eigenvalue weighted by Gasteiger charge is -2.12. The summed E-state index contributed by atoms with van der Waals surface area (Å²) < 4.78 is 5.29. The number of ether oxygens (including phenoxy) is 1. The minimum absolute atomic E-state index is 0.294. The van der Waals surface area contributed by atoms with E-state index in [2.05, 4.69) is 34.4 Å². The van der Waals surface area contributed by atoms with E-state index in [4.69, 9.17) is 4.74 Å². The Hall–Kier alpha value is -2.63. The molecule has 0 saturated carbocycles. The summed E-state index contributed by atoms with van der Waals surface area (Å²) in [4.78, 5) is 21.1. The topological polar surface area (TPSA) is 76.1 Å². The average molecular weight is 328 g/mol. The second kappa shape index (κ2) is 7.77. The van der Waals surface area contributed by atoms with Gasteiger partial charge in [0, 0.05) is 12.6 Å². The zero-order valence-electron chi connectivity index (χ0n) is 14.8. The van der Waals surface area contributed by atoms with E-state index in [9.17, 15) is 4.79 Å². The number of methoxy groups -OCH3 is 1. The molecule has 6 heteroatoms. The summed E-state index contributed by atoms with van der Waals surface area (Å²) in [5, 5.41) is 6.08. The van der Waals surface area contributed by atoms with E-state index in [1.54, 1.807) is 20.1 Å². The number of nitrogens with one attached hydrogen (secondary N) is 2. The minimum Gasteiger partial charge on any atom is -0.495 e. The van der Waals surface area contributed by atoms with Crippen molar-refractivity contribution in [3.8, 4) is 5.75 Å². The summed E-state index contributed by atoms with van der Waals surface area (Å²) in [6.07, 6.45) is 0. The van der Waals surface area contributed by atoms with Crippen molar-refractivity contribution in [2.75, 3.05) is 24.3 Å². The molecule has 0 aliphatic rings. The van der Waals surface area contributed by atoms with E-state index >= 15 is 0 Å². The highest BCUT2D eigenvalue weighted by atomic mass is 16.5. The maximum atomic E-state index is 12.6. The van der Waals surface area contributed by atoms with Crippen LogP contribution in [0.3, 0.4) is 0 Å². The van der Waals surface area contributed by atoms with E-state index in [0.717, 1.165) is 12.1 Å². The van der Waals surface area contributed by atoms with Gasteiger partial charge in [-0.3, -0.25) is 4.79 Å². The smallest absolute Gasteiger partial charge is 0.274 e. The Morgan fingerprint density at radius 2 is 1.96 bits per heavy atom. The van der Waals surface area contributed by atoms with Crippen molar-refractivity contribution in [1.29, 1.82) is 0 Å². The van der Waals surface area contributed by atoms with Gasteiger partial charge in [-0.1, -0.05) is 19.9 Å². The predicted molar refractivity (Wildman–Crippen MR) is 95.8 cm³/mol. The zero-order chi connectivity index (χ0) is 17.7. The molecule has 6 nitrogen and oxygen atoms in total. The molecule has 1 aromatic carbocycles. The third kappa shape index (κ3) is 4.68. The molecule has 1 amide bonds. The van der Waals surface area contributed by atoms with Gasteiger partial charge in [0.25, 0.3) is 5.91 Å². The molecule has 128 valence electrons. The lowest BCUT2D eigenvalue weighted by Crippen LogP contribution is -2.17. The summed E-state index contributed by atoms with van der Waals surface area (Å²) in [7, 11) is 1.57. The fourth-order valence-corrected chi connectivity index (χ4v) is 2.19. The van der Waals surface area contributed by atoms with Crippen LogP contribution in [-0.2, 0) is 0 Å². The fourth-order valence-electron chi connectivity index (χ4n) is 2.19. The Kier molecular flexibility index (Phi) is 5.73. The van der Waals surface area contributed by atoms with Crippen LogP contribution < -0.4 is 15.4 Å². The van der Waals surface area contributed by atoms with Gasteiger partial charge in [-0.2, -0.15) is 0 Å². The number of benzene rings is 1. The molecule has 0 radical (unpaired) electrons. The minimum atomic E-state index is -0.294. The molecular weight excluding hydrogens is 304 g/mol. The first kappa shape index (κ1) is 17.7. The van der Waals surface area contributed by atoms with Gasteiger partial charge in [0.15, 0.2) is 0 Å². The number of aromatic nitrogens is 2. The fraction of sp³-hybridized carbons (Fsp3) is 0.389. The molecule has 0 spiro atoms. The number of hydrogen-bond acceptors (Lipinski definition) is 5. The second-order valence-corrected chi connectivity index (χ2v) is 6.12. The monoisotopic (exact) mass is 328 g/mol. The Morgan fingerprint density at radius 1 is 1.21 bits per heavy atom. The van der Waals surface area contributed by atoms with Gasteiger partial charge in [0.05, 0.1) is 12.8 Å². The number of aryl methyl sites for hydroxylation is 2. The highest BCUT2D eigenvalue weighted by Crippen LogP contribution is 2.25. The first-order valence-electron chi connectivity index (χ1n) is 7.94. The van der Waals surface area contributed by atoms with Crippen LogP contribution in [0.1, 0.15) is 35.7 Å². The number of amides is 1. The normalized spacial score (nSPS) is 10.6. The van der Waals surface area contributed by atoms with E-state index in [1.807, 2.05) is 25.1 Å². The molecule has 2 N–H and O–H groups in total. The van der Waals surface area contributed by atoms with Gasteiger partial charge in [-0.15, -0.1) is 0 Å². The van der Waals surface area contributed by atoms with Crippen LogP contribution >= 0.6 is 0 Å². The molecule has 1 aromatic heterocycles. The molecule has 24 heavy (non-hydrogen) atoms. The first-order valence-corrected chi connectivity index (χ1v) is 7.94. The van der Waals surface area contributed by atoms with Crippen LogP contribution in [0.15, 0.2) is 24.3 Å². The Labute approximate surface area is 142 Å². The van der Waals surface area contributed by atoms with E-state index < -0.39 is 0 Å². The standard InChI is InChI=1S/C18H24N4O2/c1-11(2)10-19-17-9-15(20-13(4)21-17)18(23)22-14-8-12(3)6-7-16(14)24-5/h6-9,11H,10H2,1-5H3,(H,22,23)(H,19,20,21). The van der Waals surface area contributed by atoms with Gasteiger partial charge >= 0.3 is 0 Å². The summed E-state index contributed by atoms with van der Waals surface area (Å²) in [5.41, 5.74) is 1.97. The van der Waals surface area contributed by atoms with Gasteiger partial charge in [-0.05, 0) is 37.5 Å².